The standard InChI is InChI=1S/C29H29BrN2O4/c1-16-6-3-7-20(17(16)2)32-26(35)15-36-25-13-12-18(30)14-19(25)27-28-21(8-4-10-23(28)33)31-22-9-5-11-24(34)29(22)27/h3,6-7,12-14,27,31H,4-5,8-11,15H2,1-2H3,(H,32,35). The molecule has 0 aromatic heterocycles. The van der Waals surface area contributed by atoms with Gasteiger partial charge in [-0.3, -0.25) is 14.4 Å². The highest BCUT2D eigenvalue weighted by Gasteiger charge is 2.41. The van der Waals surface area contributed by atoms with Gasteiger partial charge in [0.05, 0.1) is 0 Å². The predicted molar refractivity (Wildman–Crippen MR) is 142 cm³/mol. The first kappa shape index (κ1) is 24.5. The molecule has 0 radical (unpaired) electrons. The van der Waals surface area contributed by atoms with Crippen molar-refractivity contribution >= 4 is 39.1 Å². The van der Waals surface area contributed by atoms with Gasteiger partial charge < -0.3 is 15.4 Å². The van der Waals surface area contributed by atoms with Gasteiger partial charge >= 0.3 is 0 Å². The largest absolute Gasteiger partial charge is 0.483 e. The van der Waals surface area contributed by atoms with E-state index in [1.165, 1.54) is 0 Å². The zero-order chi connectivity index (χ0) is 25.4. The summed E-state index contributed by atoms with van der Waals surface area (Å²) in [6, 6.07) is 11.3. The van der Waals surface area contributed by atoms with Crippen LogP contribution >= 0.6 is 15.9 Å². The lowest BCUT2D eigenvalue weighted by Gasteiger charge is -2.37. The number of rotatable bonds is 5. The molecule has 2 aliphatic carbocycles. The minimum absolute atomic E-state index is 0.0669. The van der Waals surface area contributed by atoms with Crippen LogP contribution in [0.3, 0.4) is 0 Å². The molecule has 7 heteroatoms. The number of amides is 1. The highest BCUT2D eigenvalue weighted by molar-refractivity contribution is 9.10. The molecule has 1 heterocycles. The second-order valence-electron chi connectivity index (χ2n) is 9.66. The fourth-order valence-electron chi connectivity index (χ4n) is 5.39. The maximum absolute atomic E-state index is 13.2. The van der Waals surface area contributed by atoms with Crippen LogP contribution in [0.25, 0.3) is 0 Å². The Morgan fingerprint density at radius 3 is 2.33 bits per heavy atom. The number of carbonyl (C=O) groups excluding carboxylic acids is 3. The second-order valence-corrected chi connectivity index (χ2v) is 10.6. The van der Waals surface area contributed by atoms with Gasteiger partial charge in [-0.15, -0.1) is 0 Å². The average molecular weight is 549 g/mol. The van der Waals surface area contributed by atoms with Gasteiger partial charge in [-0.1, -0.05) is 28.1 Å². The molecule has 0 bridgehead atoms. The number of anilines is 1. The van der Waals surface area contributed by atoms with Crippen molar-refractivity contribution in [3.05, 3.63) is 80.1 Å². The summed E-state index contributed by atoms with van der Waals surface area (Å²) in [6.07, 6.45) is 4.10. The molecule has 186 valence electrons. The Kier molecular flexibility index (Phi) is 6.84. The molecule has 2 aromatic rings. The van der Waals surface area contributed by atoms with Crippen molar-refractivity contribution in [1.82, 2.24) is 5.32 Å². The molecule has 6 nitrogen and oxygen atoms in total. The summed E-state index contributed by atoms with van der Waals surface area (Å²) in [7, 11) is 0. The number of ketones is 2. The van der Waals surface area contributed by atoms with E-state index in [2.05, 4.69) is 26.6 Å². The predicted octanol–water partition coefficient (Wildman–Crippen LogP) is 5.78. The Balaban J connectivity index is 1.48. The van der Waals surface area contributed by atoms with Crippen molar-refractivity contribution in [3.8, 4) is 5.75 Å². The third-order valence-corrected chi connectivity index (χ3v) is 7.80. The van der Waals surface area contributed by atoms with Crippen molar-refractivity contribution in [1.29, 1.82) is 0 Å². The maximum Gasteiger partial charge on any atom is 0.262 e. The maximum atomic E-state index is 13.2. The van der Waals surface area contributed by atoms with Gasteiger partial charge in [0.1, 0.15) is 5.75 Å². The number of Topliss-reactive ketones (excluding diaryl/α,β-unsaturated/α-hetero) is 2. The number of nitrogens with one attached hydrogen (secondary N) is 2. The molecule has 0 saturated carbocycles. The monoisotopic (exact) mass is 548 g/mol. The first-order valence-electron chi connectivity index (χ1n) is 12.4. The van der Waals surface area contributed by atoms with E-state index in [9.17, 15) is 14.4 Å². The fourth-order valence-corrected chi connectivity index (χ4v) is 5.77. The van der Waals surface area contributed by atoms with Crippen molar-refractivity contribution in [3.63, 3.8) is 0 Å². The van der Waals surface area contributed by atoms with E-state index in [1.807, 2.05) is 44.2 Å². The Morgan fingerprint density at radius 2 is 1.67 bits per heavy atom. The molecule has 36 heavy (non-hydrogen) atoms. The van der Waals surface area contributed by atoms with Gasteiger partial charge in [-0.25, -0.2) is 0 Å². The van der Waals surface area contributed by atoms with Crippen molar-refractivity contribution in [2.24, 2.45) is 0 Å². The van der Waals surface area contributed by atoms with Crippen LogP contribution in [0, 0.1) is 13.8 Å². The summed E-state index contributed by atoms with van der Waals surface area (Å²) < 4.78 is 6.88. The first-order chi connectivity index (χ1) is 17.3. The summed E-state index contributed by atoms with van der Waals surface area (Å²) in [5.74, 6) is -0.136. The third kappa shape index (κ3) is 4.64. The summed E-state index contributed by atoms with van der Waals surface area (Å²) in [4.78, 5) is 39.1. The normalized spacial score (nSPS) is 18.0. The SMILES string of the molecule is Cc1cccc(NC(=O)COc2ccc(Br)cc2C2C3=C(CCCC3=O)NC3=C2C(=O)CCC3)c1C. The number of benzene rings is 2. The van der Waals surface area contributed by atoms with Crippen LogP contribution in [0.2, 0.25) is 0 Å². The first-order valence-corrected chi connectivity index (χ1v) is 13.2. The Hall–Kier alpha value is -3.19. The van der Waals surface area contributed by atoms with E-state index < -0.39 is 5.92 Å². The van der Waals surface area contributed by atoms with Crippen LogP contribution in [0.5, 0.6) is 5.75 Å². The number of hydrogen-bond acceptors (Lipinski definition) is 5. The topological polar surface area (TPSA) is 84.5 Å². The van der Waals surface area contributed by atoms with Crippen molar-refractivity contribution in [2.45, 2.75) is 58.3 Å². The molecular formula is C29H29BrN2O4. The molecule has 2 aromatic carbocycles. The van der Waals surface area contributed by atoms with E-state index >= 15 is 0 Å². The van der Waals surface area contributed by atoms with Crippen molar-refractivity contribution < 1.29 is 19.1 Å². The summed E-state index contributed by atoms with van der Waals surface area (Å²) in [5, 5.41) is 6.37. The number of ether oxygens (including phenoxy) is 1. The van der Waals surface area contributed by atoms with Crippen LogP contribution in [0.1, 0.15) is 61.1 Å². The molecule has 3 aliphatic rings. The van der Waals surface area contributed by atoms with Crippen LogP contribution in [-0.4, -0.2) is 24.1 Å². The number of carbonyl (C=O) groups is 3. The molecule has 1 amide bonds. The third-order valence-electron chi connectivity index (χ3n) is 7.31. The summed E-state index contributed by atoms with van der Waals surface area (Å²) in [6.45, 7) is 3.78. The smallest absolute Gasteiger partial charge is 0.262 e. The summed E-state index contributed by atoms with van der Waals surface area (Å²) >= 11 is 3.56. The zero-order valence-corrected chi connectivity index (χ0v) is 22.1. The average Bonchev–Trinajstić information content (AvgIpc) is 2.85. The molecule has 0 spiro atoms. The van der Waals surface area contributed by atoms with Crippen LogP contribution in [0.15, 0.2) is 63.4 Å². The van der Waals surface area contributed by atoms with Gasteiger partial charge in [0.25, 0.3) is 5.91 Å². The lowest BCUT2D eigenvalue weighted by molar-refractivity contribution is -0.119. The molecule has 0 saturated heterocycles. The molecule has 2 N–H and O–H groups in total. The minimum atomic E-state index is -0.494. The Bertz CT molecular complexity index is 1300. The van der Waals surface area contributed by atoms with E-state index in [1.54, 1.807) is 6.07 Å². The zero-order valence-electron chi connectivity index (χ0n) is 20.5. The number of dihydropyridines is 1. The van der Waals surface area contributed by atoms with E-state index in [0.29, 0.717) is 29.7 Å². The highest BCUT2D eigenvalue weighted by atomic mass is 79.9. The molecular weight excluding hydrogens is 520 g/mol. The number of halogens is 1. The quantitative estimate of drug-likeness (QED) is 0.494. The van der Waals surface area contributed by atoms with Gasteiger partial charge in [0.2, 0.25) is 0 Å². The van der Waals surface area contributed by atoms with Crippen LogP contribution in [-0.2, 0) is 14.4 Å². The van der Waals surface area contributed by atoms with E-state index in [4.69, 9.17) is 4.74 Å². The second kappa shape index (κ2) is 10.1. The molecule has 0 atom stereocenters. The number of aryl methyl sites for hydroxylation is 1. The molecule has 5 rings (SSSR count). The highest BCUT2D eigenvalue weighted by Crippen LogP contribution is 2.48. The van der Waals surface area contributed by atoms with Gasteiger partial charge in [0, 0.05) is 57.0 Å². The Morgan fingerprint density at radius 1 is 1.00 bits per heavy atom. The molecule has 1 aliphatic heterocycles. The summed E-state index contributed by atoms with van der Waals surface area (Å²) in [5.41, 5.74) is 6.76. The van der Waals surface area contributed by atoms with Crippen molar-refractivity contribution in [2.75, 3.05) is 11.9 Å². The molecule has 0 fully saturated rings. The van der Waals surface area contributed by atoms with Crippen LogP contribution < -0.4 is 15.4 Å². The molecule has 0 unspecified atom stereocenters. The minimum Gasteiger partial charge on any atom is -0.483 e. The number of allylic oxidation sites excluding steroid dienone is 4. The van der Waals surface area contributed by atoms with E-state index in [-0.39, 0.29) is 24.1 Å². The van der Waals surface area contributed by atoms with Gasteiger partial charge in [-0.05, 0) is 74.9 Å². The Labute approximate surface area is 219 Å². The fraction of sp³-hybridized carbons (Fsp3) is 0.345. The number of hydrogen-bond donors (Lipinski definition) is 2. The van der Waals surface area contributed by atoms with Crippen LogP contribution in [0.4, 0.5) is 5.69 Å². The lowest BCUT2D eigenvalue weighted by Crippen LogP contribution is -2.36. The van der Waals surface area contributed by atoms with E-state index in [0.717, 1.165) is 63.9 Å². The van der Waals surface area contributed by atoms with Gasteiger partial charge in [0.15, 0.2) is 18.2 Å². The van der Waals surface area contributed by atoms with Gasteiger partial charge in [-0.2, -0.15) is 0 Å². The lowest BCUT2D eigenvalue weighted by atomic mass is 9.71.